The Morgan fingerprint density at radius 3 is 1.81 bits per heavy atom. The Kier molecular flexibility index (Phi) is 17.7. The number of allylic oxidation sites excluding steroid dienone is 1. The summed E-state index contributed by atoms with van der Waals surface area (Å²) in [5, 5.41) is 153. The van der Waals surface area contributed by atoms with Gasteiger partial charge < -0.3 is 128 Å². The van der Waals surface area contributed by atoms with E-state index >= 15 is 0 Å². The van der Waals surface area contributed by atoms with Crippen LogP contribution < -0.4 is 0 Å². The van der Waals surface area contributed by atoms with Crippen molar-refractivity contribution in [3.8, 4) is 0 Å². The molecule has 7 heterocycles. The zero-order chi connectivity index (χ0) is 59.8. The smallest absolute Gasteiger partial charge is 0.187 e. The zero-order valence-corrected chi connectivity index (χ0v) is 48.3. The average Bonchev–Trinajstić information content (AvgIpc) is 1.56. The van der Waals surface area contributed by atoms with Gasteiger partial charge in [-0.3, -0.25) is 0 Å². The molecule has 4 aliphatic carbocycles. The molecule has 476 valence electrons. The largest absolute Gasteiger partial charge is 0.394 e. The lowest BCUT2D eigenvalue weighted by molar-refractivity contribution is -0.398. The first-order valence-electron chi connectivity index (χ1n) is 29.9. The van der Waals surface area contributed by atoms with Crippen molar-refractivity contribution < 1.29 is 128 Å². The lowest BCUT2D eigenvalue weighted by Crippen LogP contribution is -2.68. The summed E-state index contributed by atoms with van der Waals surface area (Å²) in [7, 11) is 0. The molecule has 2 spiro atoms. The van der Waals surface area contributed by atoms with Gasteiger partial charge >= 0.3 is 0 Å². The summed E-state index contributed by atoms with van der Waals surface area (Å²) >= 11 is 0. The van der Waals surface area contributed by atoms with E-state index in [0.717, 1.165) is 44.1 Å². The second-order valence-electron chi connectivity index (χ2n) is 27.7. The third-order valence-electron chi connectivity index (χ3n) is 22.2. The predicted molar refractivity (Wildman–Crippen MR) is 278 cm³/mol. The first-order chi connectivity index (χ1) is 39.0. The predicted octanol–water partition coefficient (Wildman–Crippen LogP) is -3.11. The van der Waals surface area contributed by atoms with Crippen molar-refractivity contribution in [1.29, 1.82) is 0 Å². The zero-order valence-electron chi connectivity index (χ0n) is 48.3. The molecule has 0 aromatic carbocycles. The third-order valence-corrected chi connectivity index (χ3v) is 22.2. The molecule has 11 aliphatic rings. The topological polar surface area (TPSA) is 394 Å². The quantitative estimate of drug-likeness (QED) is 0.0641. The van der Waals surface area contributed by atoms with E-state index in [4.69, 9.17) is 56.8 Å². The van der Waals surface area contributed by atoms with Crippen LogP contribution in [0.5, 0.6) is 0 Å². The molecule has 11 fully saturated rings. The summed E-state index contributed by atoms with van der Waals surface area (Å²) in [5.74, 6) is -0.428. The normalized spacial score (nSPS) is 56.7. The molecule has 0 radical (unpaired) electrons. The fraction of sp³-hybridized carbons (Fsp3) is 0.965. The molecule has 83 heavy (non-hydrogen) atoms. The summed E-state index contributed by atoms with van der Waals surface area (Å²) in [4.78, 5) is 0. The molecule has 4 saturated carbocycles. The molecule has 7 saturated heterocycles. The second-order valence-corrected chi connectivity index (χ2v) is 27.7. The number of hydrogen-bond donors (Lipinski definition) is 14. The number of aliphatic hydroxyl groups excluding tert-OH is 13. The molecule has 7 aliphatic heterocycles. The van der Waals surface area contributed by atoms with Crippen LogP contribution in [-0.2, 0) is 56.8 Å². The molecular weight excluding hydrogens is 1100 g/mol. The summed E-state index contributed by atoms with van der Waals surface area (Å²) in [6, 6.07) is 0. The van der Waals surface area contributed by atoms with Crippen molar-refractivity contribution in [2.45, 2.75) is 259 Å². The average molecular weight is 1190 g/mol. The summed E-state index contributed by atoms with van der Waals surface area (Å²) in [6.45, 7) is 12.9. The Morgan fingerprint density at radius 1 is 0.566 bits per heavy atom. The minimum atomic E-state index is -2.03. The Balaban J connectivity index is 0.863. The highest BCUT2D eigenvalue weighted by molar-refractivity contribution is 5.27. The first-order valence-corrected chi connectivity index (χ1v) is 29.9. The van der Waals surface area contributed by atoms with E-state index in [-0.39, 0.29) is 46.0 Å². The maximum atomic E-state index is 12.3. The van der Waals surface area contributed by atoms with Gasteiger partial charge in [0.05, 0.1) is 57.5 Å². The molecule has 33 atom stereocenters. The van der Waals surface area contributed by atoms with Crippen molar-refractivity contribution in [3.63, 3.8) is 0 Å². The van der Waals surface area contributed by atoms with Crippen LogP contribution >= 0.6 is 0 Å². The van der Waals surface area contributed by atoms with Crippen molar-refractivity contribution in [2.75, 3.05) is 39.6 Å². The minimum Gasteiger partial charge on any atom is -0.394 e. The van der Waals surface area contributed by atoms with Gasteiger partial charge in [-0.05, 0) is 93.3 Å². The van der Waals surface area contributed by atoms with Gasteiger partial charge in [-0.1, -0.05) is 39.3 Å². The number of aliphatic hydroxyl groups is 14. The van der Waals surface area contributed by atoms with Crippen molar-refractivity contribution in [2.24, 2.45) is 45.3 Å². The second kappa shape index (κ2) is 23.2. The highest BCUT2D eigenvalue weighted by Crippen LogP contribution is 2.80. The van der Waals surface area contributed by atoms with Crippen LogP contribution in [0, 0.1) is 45.3 Å². The summed E-state index contributed by atoms with van der Waals surface area (Å²) in [6.07, 6.45) is -30.5. The Hall–Kier alpha value is -1.30. The van der Waals surface area contributed by atoms with Gasteiger partial charge in [-0.2, -0.15) is 0 Å². The van der Waals surface area contributed by atoms with E-state index in [1.54, 1.807) is 0 Å². The molecule has 11 rings (SSSR count). The molecule has 2 bridgehead atoms. The molecule has 26 nitrogen and oxygen atoms in total. The molecule has 0 aromatic rings. The lowest BCUT2D eigenvalue weighted by Gasteiger charge is -2.70. The van der Waals surface area contributed by atoms with E-state index < -0.39 is 191 Å². The van der Waals surface area contributed by atoms with Gasteiger partial charge in [0, 0.05) is 24.2 Å². The molecule has 14 N–H and O–H groups in total. The van der Waals surface area contributed by atoms with Crippen LogP contribution in [0.4, 0.5) is 0 Å². The fourth-order valence-corrected chi connectivity index (χ4v) is 18.1. The van der Waals surface area contributed by atoms with E-state index in [9.17, 15) is 71.5 Å². The summed E-state index contributed by atoms with van der Waals surface area (Å²) < 4.78 is 75.0. The fourth-order valence-electron chi connectivity index (χ4n) is 18.1. The van der Waals surface area contributed by atoms with Crippen molar-refractivity contribution in [1.82, 2.24) is 0 Å². The lowest BCUT2D eigenvalue weighted by atomic mass is 9.35. The molecule has 0 amide bonds. The van der Waals surface area contributed by atoms with Gasteiger partial charge in [-0.25, -0.2) is 0 Å². The molecule has 26 heteroatoms. The minimum absolute atomic E-state index is 0.113. The van der Waals surface area contributed by atoms with Gasteiger partial charge in [0.2, 0.25) is 0 Å². The van der Waals surface area contributed by atoms with Crippen molar-refractivity contribution >= 4 is 0 Å². The molecular formula is C57H92O26. The Bertz CT molecular complexity index is 2290. The Morgan fingerprint density at radius 2 is 1.16 bits per heavy atom. The van der Waals surface area contributed by atoms with E-state index in [1.807, 2.05) is 20.8 Å². The first kappa shape index (κ1) is 63.3. The monoisotopic (exact) mass is 1190 g/mol. The van der Waals surface area contributed by atoms with E-state index in [0.29, 0.717) is 19.4 Å². The van der Waals surface area contributed by atoms with Crippen molar-refractivity contribution in [3.05, 3.63) is 11.6 Å². The number of ether oxygens (including phenoxy) is 12. The maximum Gasteiger partial charge on any atom is 0.187 e. The highest BCUT2D eigenvalue weighted by Gasteiger charge is 2.81. The third kappa shape index (κ3) is 10.5. The van der Waals surface area contributed by atoms with Crippen LogP contribution in [0.15, 0.2) is 11.6 Å². The number of rotatable bonds is 13. The molecule has 0 aromatic heterocycles. The number of hydrogen-bond acceptors (Lipinski definition) is 26. The van der Waals surface area contributed by atoms with Gasteiger partial charge in [0.1, 0.15) is 104 Å². The molecule has 33 unspecified atom stereocenters. The highest BCUT2D eigenvalue weighted by atomic mass is 16.8. The summed E-state index contributed by atoms with van der Waals surface area (Å²) in [5.41, 5.74) is -0.964. The van der Waals surface area contributed by atoms with Gasteiger partial charge in [0.25, 0.3) is 0 Å². The van der Waals surface area contributed by atoms with Gasteiger partial charge in [0.15, 0.2) is 37.2 Å². The maximum absolute atomic E-state index is 12.3. The Labute approximate surface area is 482 Å². The standard InChI is InChI=1S/C57H92O26/c1-23(2)14-24-15-55(7,71)46-25-8-9-32-53(5)12-11-33(52(3,4)31(53)10-13-54(32,6)56(25)21-57(46,83-24)76-22-56)79-50-45(82-49-41(69)35(63)27(60)18-73-49)43(28(61)19-74-50)80-51-44(81-48-40(68)34(62)26(59)17-72-48)39(67)37(65)30(78-51)20-75-47-42(70)38(66)36(64)29(16-58)77-47/h14,24-51,58-71H,8-13,15-22H2,1-7H3. The van der Waals surface area contributed by atoms with Gasteiger partial charge in [-0.15, -0.1) is 0 Å². The number of fused-ring (bicyclic) bond motifs is 4. The SMILES string of the molecule is CC(C)=CC1CC(C)(O)C2C3CCC4C5(C)CCC(OC6OCC(O)C(OC7OC(COC8OC(CO)C(O)C(O)C8O)C(O)C(O)C7OC7OCC(O)C(O)C7O)C6OC6OCC(O)C(O)C6O)C(C)(C)C5CCC4(C)C34COC2(C4)O1. The van der Waals surface area contributed by atoms with E-state index in [1.165, 1.54) is 0 Å². The van der Waals surface area contributed by atoms with Crippen LogP contribution in [-0.4, -0.2) is 270 Å². The van der Waals surface area contributed by atoms with Crippen LogP contribution in [0.2, 0.25) is 0 Å². The van der Waals surface area contributed by atoms with Crippen LogP contribution in [0.25, 0.3) is 0 Å². The van der Waals surface area contributed by atoms with E-state index in [2.05, 4.69) is 33.8 Å². The van der Waals surface area contributed by atoms with Crippen LogP contribution in [0.1, 0.15) is 99.8 Å². The van der Waals surface area contributed by atoms with Crippen LogP contribution in [0.3, 0.4) is 0 Å².